The number of fused-ring (bicyclic) bond motifs is 1. The molecule has 2 heterocycles. The van der Waals surface area contributed by atoms with Crippen molar-refractivity contribution in [2.24, 2.45) is 18.7 Å². The molecule has 0 saturated carbocycles. The van der Waals surface area contributed by atoms with Gasteiger partial charge >= 0.3 is 0 Å². The van der Waals surface area contributed by atoms with E-state index in [-0.39, 0.29) is 11.5 Å². The van der Waals surface area contributed by atoms with Gasteiger partial charge in [-0.25, -0.2) is 0 Å². The number of rotatable bonds is 3. The number of hydrogen-bond donors (Lipinski definition) is 2. The highest BCUT2D eigenvalue weighted by Gasteiger charge is 2.23. The first-order chi connectivity index (χ1) is 12.2. The van der Waals surface area contributed by atoms with Gasteiger partial charge in [0.25, 0.3) is 17.4 Å². The third-order valence-electron chi connectivity index (χ3n) is 5.17. The second kappa shape index (κ2) is 6.72. The van der Waals surface area contributed by atoms with Gasteiger partial charge in [-0.15, -0.1) is 11.3 Å². The first kappa shape index (κ1) is 18.4. The number of nitrogens with one attached hydrogen (secondary N) is 1. The first-order valence-electron chi connectivity index (χ1n) is 8.63. The van der Waals surface area contributed by atoms with Crippen LogP contribution in [-0.2, 0) is 19.9 Å². The number of hydrogen-bond acceptors (Lipinski definition) is 4. The molecular formula is C19H23N3O3S. The Morgan fingerprint density at radius 2 is 2.04 bits per heavy atom. The van der Waals surface area contributed by atoms with Gasteiger partial charge in [-0.05, 0) is 56.2 Å². The predicted octanol–water partition coefficient (Wildman–Crippen LogP) is 2.54. The topological polar surface area (TPSA) is 94.2 Å². The Hall–Kier alpha value is -2.41. The van der Waals surface area contributed by atoms with Crippen LogP contribution in [0.5, 0.6) is 0 Å². The fourth-order valence-electron chi connectivity index (χ4n) is 3.51. The van der Waals surface area contributed by atoms with E-state index in [2.05, 4.69) is 12.2 Å². The summed E-state index contributed by atoms with van der Waals surface area (Å²) >= 11 is 1.52. The molecule has 7 heteroatoms. The minimum Gasteiger partial charge on any atom is -0.365 e. The molecule has 2 amide bonds. The molecular weight excluding hydrogens is 350 g/mol. The molecule has 0 bridgehead atoms. The van der Waals surface area contributed by atoms with Crippen LogP contribution in [0.15, 0.2) is 10.9 Å². The summed E-state index contributed by atoms with van der Waals surface area (Å²) in [6.45, 7) is 5.59. The van der Waals surface area contributed by atoms with Crippen molar-refractivity contribution in [1.29, 1.82) is 0 Å². The smallest absolute Gasteiger partial charge is 0.265 e. The fraction of sp³-hybridized carbons (Fsp3) is 0.421. The highest BCUT2D eigenvalue weighted by atomic mass is 32.1. The van der Waals surface area contributed by atoms with Gasteiger partial charge in [-0.2, -0.15) is 0 Å². The zero-order valence-electron chi connectivity index (χ0n) is 15.4. The van der Waals surface area contributed by atoms with Gasteiger partial charge in [0, 0.05) is 17.6 Å². The van der Waals surface area contributed by atoms with E-state index in [1.54, 1.807) is 20.9 Å². The number of nitrogens with zero attached hydrogens (tertiary/aromatic N) is 1. The van der Waals surface area contributed by atoms with Crippen molar-refractivity contribution < 1.29 is 9.59 Å². The summed E-state index contributed by atoms with van der Waals surface area (Å²) in [6.07, 6.45) is 3.16. The summed E-state index contributed by atoms with van der Waals surface area (Å²) in [5, 5.41) is 2.88. The minimum absolute atomic E-state index is 0.0901. The molecule has 3 N–H and O–H groups in total. The Bertz CT molecular complexity index is 971. The first-order valence-corrected chi connectivity index (χ1v) is 9.45. The Kier molecular flexibility index (Phi) is 4.75. The summed E-state index contributed by atoms with van der Waals surface area (Å²) in [6, 6.07) is 1.96. The predicted molar refractivity (Wildman–Crippen MR) is 103 cm³/mol. The van der Waals surface area contributed by atoms with Crippen molar-refractivity contribution in [2.75, 3.05) is 5.32 Å². The number of primary amides is 1. The second-order valence-electron chi connectivity index (χ2n) is 7.05. The molecule has 2 aromatic heterocycles. The molecule has 0 spiro atoms. The van der Waals surface area contributed by atoms with Crippen molar-refractivity contribution in [2.45, 2.75) is 40.0 Å². The molecule has 1 atom stereocenters. The summed E-state index contributed by atoms with van der Waals surface area (Å²) in [7, 11) is 1.56. The average molecular weight is 373 g/mol. The van der Waals surface area contributed by atoms with E-state index in [9.17, 15) is 14.4 Å². The van der Waals surface area contributed by atoms with Gasteiger partial charge in [-0.3, -0.25) is 14.4 Å². The zero-order chi connectivity index (χ0) is 19.2. The molecule has 6 nitrogen and oxygen atoms in total. The van der Waals surface area contributed by atoms with E-state index in [4.69, 9.17) is 5.73 Å². The number of anilines is 1. The van der Waals surface area contributed by atoms with Crippen LogP contribution in [-0.4, -0.2) is 16.4 Å². The lowest BCUT2D eigenvalue weighted by Crippen LogP contribution is -2.32. The van der Waals surface area contributed by atoms with Gasteiger partial charge in [0.05, 0.1) is 10.6 Å². The van der Waals surface area contributed by atoms with Crippen LogP contribution in [0.2, 0.25) is 0 Å². The molecule has 2 aromatic rings. The molecule has 0 radical (unpaired) electrons. The van der Waals surface area contributed by atoms with Crippen LogP contribution in [0.3, 0.4) is 0 Å². The van der Waals surface area contributed by atoms with Gasteiger partial charge < -0.3 is 15.6 Å². The lowest BCUT2D eigenvalue weighted by molar-refractivity contribution is 0.0994. The number of carbonyl (C=O) groups excluding carboxylic acids is 2. The van der Waals surface area contributed by atoms with E-state index >= 15 is 0 Å². The Morgan fingerprint density at radius 1 is 1.35 bits per heavy atom. The molecule has 3 rings (SSSR count). The molecule has 0 saturated heterocycles. The third-order valence-corrected chi connectivity index (χ3v) is 6.41. The highest BCUT2D eigenvalue weighted by molar-refractivity contribution is 7.14. The molecule has 138 valence electrons. The summed E-state index contributed by atoms with van der Waals surface area (Å²) in [5.74, 6) is -0.379. The number of nitrogens with two attached hydrogens (primary N) is 1. The maximum atomic E-state index is 12.8. The van der Waals surface area contributed by atoms with Crippen molar-refractivity contribution in [3.63, 3.8) is 0 Å². The summed E-state index contributed by atoms with van der Waals surface area (Å²) < 4.78 is 1.34. The SMILES string of the molecule is Cc1c(NC(=O)c2cc3c(s2)CCC(C)C3)c(C)n(C)c(=O)c1C(N)=O. The van der Waals surface area contributed by atoms with E-state index in [1.807, 2.05) is 6.07 Å². The van der Waals surface area contributed by atoms with Crippen molar-refractivity contribution in [3.05, 3.63) is 48.6 Å². The number of aromatic nitrogens is 1. The molecule has 1 aliphatic rings. The van der Waals surface area contributed by atoms with Crippen LogP contribution in [0.1, 0.15) is 55.1 Å². The van der Waals surface area contributed by atoms with Crippen molar-refractivity contribution in [3.8, 4) is 0 Å². The van der Waals surface area contributed by atoms with Crippen molar-refractivity contribution in [1.82, 2.24) is 4.57 Å². The molecule has 0 aliphatic heterocycles. The van der Waals surface area contributed by atoms with E-state index < -0.39 is 11.5 Å². The lowest BCUT2D eigenvalue weighted by Gasteiger charge is -2.16. The average Bonchev–Trinajstić information content (AvgIpc) is 2.99. The number of aryl methyl sites for hydroxylation is 1. The largest absolute Gasteiger partial charge is 0.365 e. The summed E-state index contributed by atoms with van der Waals surface area (Å²) in [4.78, 5) is 38.7. The van der Waals surface area contributed by atoms with Crippen molar-refractivity contribution >= 4 is 28.8 Å². The monoisotopic (exact) mass is 373 g/mol. The fourth-order valence-corrected chi connectivity index (χ4v) is 4.62. The number of pyridine rings is 1. The minimum atomic E-state index is -0.792. The van der Waals surface area contributed by atoms with Gasteiger partial charge in [0.15, 0.2) is 0 Å². The Morgan fingerprint density at radius 3 is 2.69 bits per heavy atom. The second-order valence-corrected chi connectivity index (χ2v) is 8.19. The quantitative estimate of drug-likeness (QED) is 0.866. The van der Waals surface area contributed by atoms with Crippen LogP contribution in [0, 0.1) is 19.8 Å². The van der Waals surface area contributed by atoms with E-state index in [1.165, 1.54) is 26.3 Å². The van der Waals surface area contributed by atoms with E-state index in [0.29, 0.717) is 27.7 Å². The van der Waals surface area contributed by atoms with E-state index in [0.717, 1.165) is 19.3 Å². The Labute approximate surface area is 156 Å². The maximum Gasteiger partial charge on any atom is 0.265 e. The maximum absolute atomic E-state index is 12.8. The van der Waals surface area contributed by atoms with Crippen LogP contribution in [0.25, 0.3) is 0 Å². The zero-order valence-corrected chi connectivity index (χ0v) is 16.3. The molecule has 0 aromatic carbocycles. The van der Waals surface area contributed by atoms with Crippen LogP contribution >= 0.6 is 11.3 Å². The van der Waals surface area contributed by atoms with Gasteiger partial charge in [-0.1, -0.05) is 6.92 Å². The molecule has 26 heavy (non-hydrogen) atoms. The molecule has 0 fully saturated rings. The Balaban J connectivity index is 1.98. The van der Waals surface area contributed by atoms with Gasteiger partial charge in [0.1, 0.15) is 5.56 Å². The molecule has 1 aliphatic carbocycles. The molecule has 1 unspecified atom stereocenters. The number of carbonyl (C=O) groups is 2. The summed E-state index contributed by atoms with van der Waals surface area (Å²) in [5.41, 5.74) is 7.53. The van der Waals surface area contributed by atoms with Gasteiger partial charge in [0.2, 0.25) is 0 Å². The normalized spacial score (nSPS) is 16.2. The highest BCUT2D eigenvalue weighted by Crippen LogP contribution is 2.33. The third kappa shape index (κ3) is 3.07. The number of thiophene rings is 1. The standard InChI is InChI=1S/C19H23N3O3S/c1-9-5-6-13-12(7-9)8-14(26-13)18(24)21-16-10(2)15(17(20)23)19(25)22(4)11(16)3/h8-9H,5-7H2,1-4H3,(H2,20,23)(H,21,24). The van der Waals surface area contributed by atoms with Crippen LogP contribution < -0.4 is 16.6 Å². The van der Waals surface area contributed by atoms with Crippen LogP contribution in [0.4, 0.5) is 5.69 Å². The number of amides is 2. The lowest BCUT2D eigenvalue weighted by atomic mass is 9.90.